The van der Waals surface area contributed by atoms with Gasteiger partial charge in [-0.1, -0.05) is 41.6 Å². The number of para-hydroxylation sites is 2. The van der Waals surface area contributed by atoms with E-state index in [-0.39, 0.29) is 17.9 Å². The number of amides is 1. The number of benzene rings is 2. The van der Waals surface area contributed by atoms with Crippen LogP contribution in [0.25, 0.3) is 0 Å². The molecule has 1 saturated heterocycles. The molecule has 0 radical (unpaired) electrons. The van der Waals surface area contributed by atoms with Crippen LogP contribution in [0.2, 0.25) is 0 Å². The van der Waals surface area contributed by atoms with Gasteiger partial charge >= 0.3 is 0 Å². The summed E-state index contributed by atoms with van der Waals surface area (Å²) in [6, 6.07) is 15.9. The topological polar surface area (TPSA) is 60.2 Å². The van der Waals surface area contributed by atoms with Crippen molar-refractivity contribution in [2.75, 3.05) is 13.1 Å². The van der Waals surface area contributed by atoms with E-state index in [0.29, 0.717) is 19.0 Å². The number of hydrogen-bond donors (Lipinski definition) is 0. The van der Waals surface area contributed by atoms with Crippen molar-refractivity contribution in [1.82, 2.24) is 19.9 Å². The molecule has 140 valence electrons. The Morgan fingerprint density at radius 1 is 0.964 bits per heavy atom. The van der Waals surface area contributed by atoms with Gasteiger partial charge in [0.1, 0.15) is 11.5 Å². The third-order valence-corrected chi connectivity index (χ3v) is 6.00. The van der Waals surface area contributed by atoms with E-state index in [1.165, 1.54) is 12.8 Å². The smallest absolute Gasteiger partial charge is 0.235 e. The third kappa shape index (κ3) is 2.44. The molecule has 6 rings (SSSR count). The van der Waals surface area contributed by atoms with Gasteiger partial charge in [-0.15, -0.1) is 5.10 Å². The molecule has 6 nitrogen and oxygen atoms in total. The summed E-state index contributed by atoms with van der Waals surface area (Å²) in [6.07, 6.45) is 4.50. The van der Waals surface area contributed by atoms with Crippen molar-refractivity contribution in [2.24, 2.45) is 0 Å². The average Bonchev–Trinajstić information content (AvgIpc) is 3.43. The molecule has 1 aliphatic carbocycles. The van der Waals surface area contributed by atoms with Gasteiger partial charge < -0.3 is 9.64 Å². The lowest BCUT2D eigenvalue weighted by atomic mass is 9.86. The van der Waals surface area contributed by atoms with Crippen LogP contribution in [0, 0.1) is 0 Å². The van der Waals surface area contributed by atoms with Crippen LogP contribution in [-0.4, -0.2) is 38.9 Å². The zero-order valence-electron chi connectivity index (χ0n) is 15.4. The Morgan fingerprint density at radius 3 is 2.25 bits per heavy atom. The summed E-state index contributed by atoms with van der Waals surface area (Å²) in [4.78, 5) is 15.4. The SMILES string of the molecule is O=C(C1c2ccccc2Oc2ccccc21)N1CC(n2cc(C3CC3)nn2)C1. The molecular formula is C22H20N4O2. The van der Waals surface area contributed by atoms with Crippen LogP contribution >= 0.6 is 0 Å². The number of likely N-dealkylation sites (tertiary alicyclic amines) is 1. The van der Waals surface area contributed by atoms with Gasteiger partial charge in [0.15, 0.2) is 0 Å². The maximum absolute atomic E-state index is 13.4. The number of aromatic nitrogens is 3. The van der Waals surface area contributed by atoms with Crippen LogP contribution in [0.4, 0.5) is 0 Å². The summed E-state index contributed by atoms with van der Waals surface area (Å²) in [7, 11) is 0. The Bertz CT molecular complexity index is 1020. The normalized spacial score (nSPS) is 18.8. The number of carbonyl (C=O) groups is 1. The molecule has 2 aromatic carbocycles. The minimum atomic E-state index is -0.320. The Hall–Kier alpha value is -3.15. The summed E-state index contributed by atoms with van der Waals surface area (Å²) in [5.74, 6) is 1.94. The molecule has 1 amide bonds. The molecule has 0 bridgehead atoms. The van der Waals surface area contributed by atoms with Crippen LogP contribution in [0.15, 0.2) is 54.7 Å². The van der Waals surface area contributed by atoms with E-state index in [2.05, 4.69) is 16.5 Å². The van der Waals surface area contributed by atoms with Gasteiger partial charge in [-0.25, -0.2) is 4.68 Å². The first-order chi connectivity index (χ1) is 13.8. The second-order valence-corrected chi connectivity index (χ2v) is 7.91. The standard InChI is InChI=1S/C22H20N4O2/c27-22(25-11-15(12-25)26-13-18(23-24-26)14-9-10-14)21-16-5-1-3-7-19(16)28-20-8-4-2-6-17(20)21/h1-8,13-15,21H,9-12H2. The van der Waals surface area contributed by atoms with E-state index in [1.807, 2.05) is 58.1 Å². The van der Waals surface area contributed by atoms with Crippen LogP contribution in [0.3, 0.4) is 0 Å². The van der Waals surface area contributed by atoms with Gasteiger partial charge in [0.05, 0.1) is 17.7 Å². The molecule has 3 aliphatic rings. The summed E-state index contributed by atoms with van der Waals surface area (Å²) in [5, 5.41) is 8.58. The average molecular weight is 372 g/mol. The van der Waals surface area contributed by atoms with Crippen LogP contribution in [0.1, 0.15) is 47.5 Å². The molecule has 28 heavy (non-hydrogen) atoms. The third-order valence-electron chi connectivity index (χ3n) is 6.00. The molecule has 0 spiro atoms. The number of nitrogens with zero attached hydrogens (tertiary/aromatic N) is 4. The maximum Gasteiger partial charge on any atom is 0.235 e. The summed E-state index contributed by atoms with van der Waals surface area (Å²) in [6.45, 7) is 1.35. The molecule has 1 aromatic heterocycles. The lowest BCUT2D eigenvalue weighted by Crippen LogP contribution is -2.52. The minimum Gasteiger partial charge on any atom is -0.457 e. The highest BCUT2D eigenvalue weighted by Gasteiger charge is 2.41. The minimum absolute atomic E-state index is 0.127. The zero-order chi connectivity index (χ0) is 18.7. The quantitative estimate of drug-likeness (QED) is 0.706. The second kappa shape index (κ2) is 5.92. The van der Waals surface area contributed by atoms with Gasteiger partial charge in [0.2, 0.25) is 5.91 Å². The Balaban J connectivity index is 1.25. The van der Waals surface area contributed by atoms with Crippen molar-refractivity contribution in [2.45, 2.75) is 30.7 Å². The Labute approximate surface area is 162 Å². The van der Waals surface area contributed by atoms with E-state index < -0.39 is 0 Å². The molecule has 2 aliphatic heterocycles. The molecule has 0 N–H and O–H groups in total. The number of hydrogen-bond acceptors (Lipinski definition) is 4. The Kier molecular flexibility index (Phi) is 3.36. The fourth-order valence-corrected chi connectivity index (χ4v) is 4.20. The number of ether oxygens (including phenoxy) is 1. The monoisotopic (exact) mass is 372 g/mol. The first kappa shape index (κ1) is 15.9. The first-order valence-corrected chi connectivity index (χ1v) is 9.84. The summed E-state index contributed by atoms with van der Waals surface area (Å²) >= 11 is 0. The predicted octanol–water partition coefficient (Wildman–Crippen LogP) is 3.48. The molecule has 3 heterocycles. The van der Waals surface area contributed by atoms with Crippen molar-refractivity contribution in [3.8, 4) is 11.5 Å². The van der Waals surface area contributed by atoms with E-state index in [0.717, 1.165) is 28.3 Å². The molecule has 2 fully saturated rings. The van der Waals surface area contributed by atoms with Crippen molar-refractivity contribution < 1.29 is 9.53 Å². The van der Waals surface area contributed by atoms with Crippen molar-refractivity contribution >= 4 is 5.91 Å². The molecular weight excluding hydrogens is 352 g/mol. The zero-order valence-corrected chi connectivity index (χ0v) is 15.4. The van der Waals surface area contributed by atoms with Crippen LogP contribution < -0.4 is 4.74 Å². The van der Waals surface area contributed by atoms with Crippen molar-refractivity contribution in [1.29, 1.82) is 0 Å². The fourth-order valence-electron chi connectivity index (χ4n) is 4.20. The van der Waals surface area contributed by atoms with Gasteiger partial charge in [-0.2, -0.15) is 0 Å². The highest BCUT2D eigenvalue weighted by Crippen LogP contribution is 2.45. The number of rotatable bonds is 3. The summed E-state index contributed by atoms with van der Waals surface area (Å²) in [5.41, 5.74) is 2.97. The van der Waals surface area contributed by atoms with E-state index >= 15 is 0 Å². The maximum atomic E-state index is 13.4. The van der Waals surface area contributed by atoms with Crippen molar-refractivity contribution in [3.63, 3.8) is 0 Å². The molecule has 1 saturated carbocycles. The van der Waals surface area contributed by atoms with Crippen LogP contribution in [0.5, 0.6) is 11.5 Å². The van der Waals surface area contributed by atoms with Crippen LogP contribution in [-0.2, 0) is 4.79 Å². The highest BCUT2D eigenvalue weighted by molar-refractivity contribution is 5.90. The van der Waals surface area contributed by atoms with E-state index in [1.54, 1.807) is 0 Å². The lowest BCUT2D eigenvalue weighted by molar-refractivity contribution is -0.138. The number of carbonyl (C=O) groups excluding carboxylic acids is 1. The number of fused-ring (bicyclic) bond motifs is 2. The Morgan fingerprint density at radius 2 is 1.61 bits per heavy atom. The van der Waals surface area contributed by atoms with E-state index in [4.69, 9.17) is 4.74 Å². The lowest BCUT2D eigenvalue weighted by Gasteiger charge is -2.41. The molecule has 3 aromatic rings. The fraction of sp³-hybridized carbons (Fsp3) is 0.318. The van der Waals surface area contributed by atoms with Crippen molar-refractivity contribution in [3.05, 3.63) is 71.5 Å². The van der Waals surface area contributed by atoms with E-state index in [9.17, 15) is 4.79 Å². The second-order valence-electron chi connectivity index (χ2n) is 7.91. The molecule has 6 heteroatoms. The van der Waals surface area contributed by atoms with Gasteiger partial charge in [-0.3, -0.25) is 4.79 Å². The van der Waals surface area contributed by atoms with Gasteiger partial charge in [0.25, 0.3) is 0 Å². The molecule has 0 atom stereocenters. The predicted molar refractivity (Wildman–Crippen MR) is 102 cm³/mol. The molecule has 0 unspecified atom stereocenters. The summed E-state index contributed by atoms with van der Waals surface area (Å²) < 4.78 is 7.95. The first-order valence-electron chi connectivity index (χ1n) is 9.84. The highest BCUT2D eigenvalue weighted by atomic mass is 16.5. The largest absolute Gasteiger partial charge is 0.457 e. The van der Waals surface area contributed by atoms with Gasteiger partial charge in [-0.05, 0) is 25.0 Å². The van der Waals surface area contributed by atoms with Gasteiger partial charge in [0, 0.05) is 36.3 Å².